The van der Waals surface area contributed by atoms with Gasteiger partial charge in [-0.05, 0) is 11.8 Å². The highest BCUT2D eigenvalue weighted by Gasteiger charge is 2.23. The minimum Gasteiger partial charge on any atom is -0.480 e. The van der Waals surface area contributed by atoms with E-state index in [1.54, 1.807) is 7.11 Å². The number of ether oxygens (including phenoxy) is 1. The van der Waals surface area contributed by atoms with Gasteiger partial charge in [0.05, 0.1) is 0 Å². The maximum Gasteiger partial charge on any atom is 0.323 e. The van der Waals surface area contributed by atoms with Crippen LogP contribution in [0.5, 0.6) is 0 Å². The molecule has 0 fully saturated rings. The molecule has 20 heavy (non-hydrogen) atoms. The van der Waals surface area contributed by atoms with Gasteiger partial charge in [0.2, 0.25) is 0 Å². The van der Waals surface area contributed by atoms with Crippen LogP contribution in [0.2, 0.25) is 0 Å². The maximum atomic E-state index is 11.8. The monoisotopic (exact) mass is 290 g/mol. The first-order valence-corrected chi connectivity index (χ1v) is 6.13. The van der Waals surface area contributed by atoms with E-state index in [-0.39, 0.29) is 5.41 Å². The molecule has 0 aromatic heterocycles. The molecule has 0 aromatic carbocycles. The molecule has 8 heteroatoms. The van der Waals surface area contributed by atoms with E-state index in [1.807, 2.05) is 13.8 Å². The zero-order valence-corrected chi connectivity index (χ0v) is 12.0. The Kier molecular flexibility index (Phi) is 7.60. The lowest BCUT2D eigenvalue weighted by Gasteiger charge is -2.27. The van der Waals surface area contributed by atoms with Crippen LogP contribution in [0.25, 0.3) is 0 Å². The van der Waals surface area contributed by atoms with Crippen LogP contribution in [0.4, 0.5) is 4.79 Å². The van der Waals surface area contributed by atoms with Crippen molar-refractivity contribution < 1.29 is 29.3 Å². The summed E-state index contributed by atoms with van der Waals surface area (Å²) in [5.74, 6) is -2.53. The third-order valence-corrected chi connectivity index (χ3v) is 2.64. The fourth-order valence-corrected chi connectivity index (χ4v) is 1.42. The molecule has 0 aliphatic heterocycles. The molecule has 2 amide bonds. The van der Waals surface area contributed by atoms with E-state index in [4.69, 9.17) is 14.9 Å². The summed E-state index contributed by atoms with van der Waals surface area (Å²) < 4.78 is 4.96. The highest BCUT2D eigenvalue weighted by molar-refractivity contribution is 5.84. The van der Waals surface area contributed by atoms with E-state index in [0.717, 1.165) is 4.90 Å². The number of hydrogen-bond acceptors (Lipinski definition) is 4. The number of carboxylic acids is 2. The number of hydrogen-bond donors (Lipinski definition) is 3. The Morgan fingerprint density at radius 2 is 1.65 bits per heavy atom. The van der Waals surface area contributed by atoms with Crippen molar-refractivity contribution in [1.29, 1.82) is 0 Å². The van der Waals surface area contributed by atoms with Crippen molar-refractivity contribution in [2.75, 3.05) is 33.4 Å². The Morgan fingerprint density at radius 3 is 2.05 bits per heavy atom. The van der Waals surface area contributed by atoms with Gasteiger partial charge in [0.15, 0.2) is 0 Å². The molecular weight excluding hydrogens is 268 g/mol. The number of carboxylic acid groups (broad SMARTS) is 2. The van der Waals surface area contributed by atoms with Crippen LogP contribution in [0.1, 0.15) is 20.3 Å². The smallest absolute Gasteiger partial charge is 0.323 e. The zero-order chi connectivity index (χ0) is 15.8. The normalized spacial score (nSPS) is 10.9. The molecule has 0 aliphatic carbocycles. The fourth-order valence-electron chi connectivity index (χ4n) is 1.42. The van der Waals surface area contributed by atoms with Crippen molar-refractivity contribution >= 4 is 18.0 Å². The van der Waals surface area contributed by atoms with Crippen LogP contribution in [-0.2, 0) is 14.3 Å². The van der Waals surface area contributed by atoms with Gasteiger partial charge >= 0.3 is 18.0 Å². The summed E-state index contributed by atoms with van der Waals surface area (Å²) in [5, 5.41) is 19.9. The summed E-state index contributed by atoms with van der Waals surface area (Å²) in [4.78, 5) is 33.7. The second kappa shape index (κ2) is 8.36. The molecule has 0 atom stereocenters. The molecule has 0 saturated carbocycles. The molecule has 0 spiro atoms. The van der Waals surface area contributed by atoms with E-state index >= 15 is 0 Å². The van der Waals surface area contributed by atoms with Crippen LogP contribution in [0.3, 0.4) is 0 Å². The predicted octanol–water partition coefficient (Wildman–Crippen LogP) is 0.230. The first-order valence-electron chi connectivity index (χ1n) is 6.13. The number of urea groups is 1. The molecule has 0 unspecified atom stereocenters. The molecule has 0 saturated heterocycles. The average Bonchev–Trinajstić information content (AvgIpc) is 2.31. The second-order valence-electron chi connectivity index (χ2n) is 5.21. The highest BCUT2D eigenvalue weighted by Crippen LogP contribution is 2.18. The number of amides is 2. The standard InChI is InChI=1S/C12H22N2O6/c1-12(2,4-5-20-3)8-13-11(19)14(6-9(15)16)7-10(17)18/h4-8H2,1-3H3,(H,13,19)(H,15,16)(H,17,18). The summed E-state index contributed by atoms with van der Waals surface area (Å²) in [7, 11) is 1.58. The van der Waals surface area contributed by atoms with Crippen molar-refractivity contribution in [2.24, 2.45) is 5.41 Å². The average molecular weight is 290 g/mol. The van der Waals surface area contributed by atoms with E-state index < -0.39 is 31.1 Å². The van der Waals surface area contributed by atoms with Crippen LogP contribution in [0.15, 0.2) is 0 Å². The zero-order valence-electron chi connectivity index (χ0n) is 12.0. The summed E-state index contributed by atoms with van der Waals surface area (Å²) in [6.45, 7) is 3.37. The Bertz CT molecular complexity index is 340. The lowest BCUT2D eigenvalue weighted by atomic mass is 9.90. The topological polar surface area (TPSA) is 116 Å². The summed E-state index contributed by atoms with van der Waals surface area (Å²) in [5.41, 5.74) is -0.232. The second-order valence-corrected chi connectivity index (χ2v) is 5.21. The number of rotatable bonds is 9. The SMILES string of the molecule is COCCC(C)(C)CNC(=O)N(CC(=O)O)CC(=O)O. The molecule has 0 heterocycles. The van der Waals surface area contributed by atoms with Gasteiger partial charge in [-0.1, -0.05) is 13.8 Å². The molecule has 8 nitrogen and oxygen atoms in total. The number of nitrogens with one attached hydrogen (secondary N) is 1. The number of aliphatic carboxylic acids is 2. The largest absolute Gasteiger partial charge is 0.480 e. The maximum absolute atomic E-state index is 11.8. The van der Waals surface area contributed by atoms with E-state index in [2.05, 4.69) is 5.32 Å². The van der Waals surface area contributed by atoms with Crippen LogP contribution in [-0.4, -0.2) is 66.4 Å². The van der Waals surface area contributed by atoms with Crippen molar-refractivity contribution in [1.82, 2.24) is 10.2 Å². The molecule has 0 bridgehead atoms. The van der Waals surface area contributed by atoms with Crippen LogP contribution in [0, 0.1) is 5.41 Å². The fraction of sp³-hybridized carbons (Fsp3) is 0.750. The molecule has 116 valence electrons. The van der Waals surface area contributed by atoms with Crippen molar-refractivity contribution in [3.63, 3.8) is 0 Å². The highest BCUT2D eigenvalue weighted by atomic mass is 16.5. The van der Waals surface area contributed by atoms with Crippen molar-refractivity contribution in [3.05, 3.63) is 0 Å². The minimum atomic E-state index is -1.26. The van der Waals surface area contributed by atoms with Gasteiger partial charge in [-0.3, -0.25) is 9.59 Å². The summed E-state index contributed by atoms with van der Waals surface area (Å²) >= 11 is 0. The molecular formula is C12H22N2O6. The third kappa shape index (κ3) is 8.30. The van der Waals surface area contributed by atoms with Gasteiger partial charge in [0.1, 0.15) is 13.1 Å². The summed E-state index contributed by atoms with van der Waals surface area (Å²) in [6, 6.07) is -0.708. The number of nitrogens with zero attached hydrogens (tertiary/aromatic N) is 1. The number of carbonyl (C=O) groups is 3. The minimum absolute atomic E-state index is 0.232. The van der Waals surface area contributed by atoms with E-state index in [0.29, 0.717) is 19.6 Å². The lowest BCUT2D eigenvalue weighted by molar-refractivity contribution is -0.140. The van der Waals surface area contributed by atoms with Crippen LogP contribution >= 0.6 is 0 Å². The van der Waals surface area contributed by atoms with Gasteiger partial charge in [-0.15, -0.1) is 0 Å². The van der Waals surface area contributed by atoms with Crippen molar-refractivity contribution in [3.8, 4) is 0 Å². The molecule has 0 radical (unpaired) electrons. The van der Waals surface area contributed by atoms with Gasteiger partial charge in [0, 0.05) is 20.3 Å². The number of methoxy groups -OCH3 is 1. The van der Waals surface area contributed by atoms with E-state index in [1.165, 1.54) is 0 Å². The molecule has 0 aliphatic rings. The first-order chi connectivity index (χ1) is 9.18. The van der Waals surface area contributed by atoms with Crippen LogP contribution < -0.4 is 5.32 Å². The first kappa shape index (κ1) is 18.2. The molecule has 0 rings (SSSR count). The molecule has 3 N–H and O–H groups in total. The third-order valence-electron chi connectivity index (χ3n) is 2.64. The number of carbonyl (C=O) groups excluding carboxylic acids is 1. The quantitative estimate of drug-likeness (QED) is 0.559. The Balaban J connectivity index is 4.44. The Morgan fingerprint density at radius 1 is 1.15 bits per heavy atom. The Hall–Kier alpha value is -1.83. The van der Waals surface area contributed by atoms with Gasteiger partial charge in [0.25, 0.3) is 0 Å². The van der Waals surface area contributed by atoms with Gasteiger partial charge in [-0.2, -0.15) is 0 Å². The van der Waals surface area contributed by atoms with Gasteiger partial charge < -0.3 is 25.2 Å². The van der Waals surface area contributed by atoms with Crippen molar-refractivity contribution in [2.45, 2.75) is 20.3 Å². The summed E-state index contributed by atoms with van der Waals surface area (Å²) in [6.07, 6.45) is 0.710. The van der Waals surface area contributed by atoms with Gasteiger partial charge in [-0.25, -0.2) is 4.79 Å². The lowest BCUT2D eigenvalue weighted by Crippen LogP contribution is -2.47. The van der Waals surface area contributed by atoms with E-state index in [9.17, 15) is 14.4 Å². The molecule has 0 aromatic rings. The Labute approximate surface area is 117 Å². The predicted molar refractivity (Wildman–Crippen MR) is 70.5 cm³/mol.